The lowest BCUT2D eigenvalue weighted by Gasteiger charge is -2.23. The third kappa shape index (κ3) is 4.43. The van der Waals surface area contributed by atoms with Gasteiger partial charge in [0.05, 0.1) is 22.1 Å². The summed E-state index contributed by atoms with van der Waals surface area (Å²) in [6.45, 7) is 4.22. The molecule has 0 spiro atoms. The quantitative estimate of drug-likeness (QED) is 0.146. The first-order valence-electron chi connectivity index (χ1n) is 12.6. The first kappa shape index (κ1) is 25.8. The number of hydrogen-bond donors (Lipinski definition) is 0. The third-order valence-corrected chi connectivity index (χ3v) is 7.08. The Morgan fingerprint density at radius 1 is 0.974 bits per heavy atom. The Balaban J connectivity index is 1.36. The number of benzene rings is 3. The molecule has 0 unspecified atom stereocenters. The lowest BCUT2D eigenvalue weighted by atomic mass is 10.0. The van der Waals surface area contributed by atoms with E-state index in [1.807, 2.05) is 32.0 Å². The van der Waals surface area contributed by atoms with Crippen molar-refractivity contribution in [2.75, 3.05) is 16.3 Å². The van der Waals surface area contributed by atoms with Crippen molar-refractivity contribution in [3.8, 4) is 5.75 Å². The number of nitro groups is 1. The molecule has 0 aromatic heterocycles. The van der Waals surface area contributed by atoms with Crippen molar-refractivity contribution < 1.29 is 28.8 Å². The molecule has 10 nitrogen and oxygen atoms in total. The van der Waals surface area contributed by atoms with Gasteiger partial charge in [0.2, 0.25) is 5.91 Å². The van der Waals surface area contributed by atoms with Crippen LogP contribution in [0.1, 0.15) is 52.1 Å². The maximum Gasteiger partial charge on any atom is 0.316 e. The summed E-state index contributed by atoms with van der Waals surface area (Å²) in [5.41, 5.74) is 2.22. The van der Waals surface area contributed by atoms with E-state index in [2.05, 4.69) is 0 Å². The summed E-state index contributed by atoms with van der Waals surface area (Å²) in [6, 6.07) is 15.6. The fourth-order valence-electron chi connectivity index (χ4n) is 5.18. The van der Waals surface area contributed by atoms with E-state index in [1.54, 1.807) is 4.90 Å². The van der Waals surface area contributed by atoms with Gasteiger partial charge in [-0.1, -0.05) is 44.2 Å². The average molecular weight is 528 g/mol. The third-order valence-electron chi connectivity index (χ3n) is 7.08. The molecule has 0 saturated carbocycles. The number of para-hydroxylation sites is 1. The molecule has 2 aliphatic rings. The molecule has 10 heteroatoms. The van der Waals surface area contributed by atoms with Gasteiger partial charge in [0.1, 0.15) is 11.3 Å². The molecule has 0 aliphatic carbocycles. The highest BCUT2D eigenvalue weighted by molar-refractivity contribution is 6.35. The van der Waals surface area contributed by atoms with Crippen LogP contribution in [-0.4, -0.2) is 35.2 Å². The lowest BCUT2D eigenvalue weighted by molar-refractivity contribution is -0.385. The fraction of sp³-hybridized carbons (Fsp3) is 0.241. The van der Waals surface area contributed by atoms with Crippen molar-refractivity contribution in [1.82, 2.24) is 0 Å². The van der Waals surface area contributed by atoms with Crippen molar-refractivity contribution in [2.24, 2.45) is 5.92 Å². The molecule has 3 aromatic carbocycles. The van der Waals surface area contributed by atoms with Crippen molar-refractivity contribution in [3.05, 3.63) is 93.0 Å². The van der Waals surface area contributed by atoms with Crippen LogP contribution < -0.4 is 14.5 Å². The number of ether oxygens (including phenoxy) is 1. The van der Waals surface area contributed by atoms with Gasteiger partial charge >= 0.3 is 5.97 Å². The number of amides is 3. The number of fused-ring (bicyclic) bond motifs is 1. The predicted molar refractivity (Wildman–Crippen MR) is 142 cm³/mol. The predicted octanol–water partition coefficient (Wildman–Crippen LogP) is 4.48. The summed E-state index contributed by atoms with van der Waals surface area (Å²) >= 11 is 0. The molecule has 2 aliphatic heterocycles. The average Bonchev–Trinajstić information content (AvgIpc) is 3.44. The summed E-state index contributed by atoms with van der Waals surface area (Å²) < 4.78 is 5.58. The van der Waals surface area contributed by atoms with Crippen molar-refractivity contribution in [1.29, 1.82) is 0 Å². The SMILES string of the molecule is CCc1cccc(CC)c1N1C[C@H](C(=O)Oc2cccc(N3C(=O)c4cccc([N+](=O)[O-])c4C3=O)c2)CC1=O. The second-order valence-corrected chi connectivity index (χ2v) is 9.36. The van der Waals surface area contributed by atoms with Crippen LogP contribution in [-0.2, 0) is 22.4 Å². The van der Waals surface area contributed by atoms with Gasteiger partial charge in [0.25, 0.3) is 17.5 Å². The number of anilines is 2. The fourth-order valence-corrected chi connectivity index (χ4v) is 5.18. The van der Waals surface area contributed by atoms with E-state index < -0.39 is 34.3 Å². The molecule has 0 N–H and O–H groups in total. The molecular weight excluding hydrogens is 502 g/mol. The second kappa shape index (κ2) is 10.1. The standard InChI is InChI=1S/C29H25N3O7/c1-3-17-8-5-9-18(4-2)26(17)30-16-19(14-24(30)33)29(36)39-21-11-6-10-20(15-21)31-27(34)22-12-7-13-23(32(37)38)25(22)28(31)35/h5-13,15,19H,3-4,14,16H2,1-2H3/t19-/m1/s1. The normalized spacial score (nSPS) is 16.6. The molecule has 1 saturated heterocycles. The van der Waals surface area contributed by atoms with Gasteiger partial charge in [-0.25, -0.2) is 4.90 Å². The van der Waals surface area contributed by atoms with Gasteiger partial charge in [-0.15, -0.1) is 0 Å². The molecule has 5 rings (SSSR count). The van der Waals surface area contributed by atoms with Crippen LogP contribution in [0.2, 0.25) is 0 Å². The molecular formula is C29H25N3O7. The van der Waals surface area contributed by atoms with Crippen molar-refractivity contribution in [2.45, 2.75) is 33.1 Å². The Hall–Kier alpha value is -4.86. The number of carbonyl (C=O) groups is 4. The van der Waals surface area contributed by atoms with Crippen LogP contribution in [0.3, 0.4) is 0 Å². The molecule has 0 radical (unpaired) electrons. The highest BCUT2D eigenvalue weighted by Crippen LogP contribution is 2.36. The van der Waals surface area contributed by atoms with E-state index in [-0.39, 0.29) is 41.4 Å². The largest absolute Gasteiger partial charge is 0.426 e. The Kier molecular flexibility index (Phi) is 6.69. The number of rotatable bonds is 7. The van der Waals surface area contributed by atoms with Gasteiger partial charge in [-0.3, -0.25) is 29.3 Å². The Labute approximate surface area is 223 Å². The number of nitro benzene ring substituents is 1. The summed E-state index contributed by atoms with van der Waals surface area (Å²) in [7, 11) is 0. The highest BCUT2D eigenvalue weighted by Gasteiger charge is 2.42. The van der Waals surface area contributed by atoms with Crippen molar-refractivity contribution >= 4 is 40.8 Å². The summed E-state index contributed by atoms with van der Waals surface area (Å²) in [4.78, 5) is 65.2. The van der Waals surface area contributed by atoms with Crippen LogP contribution in [0.5, 0.6) is 5.75 Å². The van der Waals surface area contributed by atoms with E-state index in [4.69, 9.17) is 4.74 Å². The van der Waals surface area contributed by atoms with Crippen LogP contribution in [0.25, 0.3) is 0 Å². The second-order valence-electron chi connectivity index (χ2n) is 9.36. The van der Waals surface area contributed by atoms with E-state index in [9.17, 15) is 29.3 Å². The maximum atomic E-state index is 13.1. The molecule has 3 amide bonds. The number of hydrogen-bond acceptors (Lipinski definition) is 7. The van der Waals surface area contributed by atoms with Crippen LogP contribution >= 0.6 is 0 Å². The molecule has 2 heterocycles. The molecule has 0 bridgehead atoms. The van der Waals surface area contributed by atoms with Crippen LogP contribution in [0.4, 0.5) is 17.1 Å². The van der Waals surface area contributed by atoms with E-state index >= 15 is 0 Å². The smallest absolute Gasteiger partial charge is 0.316 e. The number of carbonyl (C=O) groups excluding carboxylic acids is 4. The zero-order valence-electron chi connectivity index (χ0n) is 21.4. The molecule has 1 atom stereocenters. The van der Waals surface area contributed by atoms with E-state index in [1.165, 1.54) is 42.5 Å². The molecule has 1 fully saturated rings. The lowest BCUT2D eigenvalue weighted by Crippen LogP contribution is -2.30. The van der Waals surface area contributed by atoms with Gasteiger partial charge in [0.15, 0.2) is 0 Å². The van der Waals surface area contributed by atoms with Crippen LogP contribution in [0.15, 0.2) is 60.7 Å². The number of aryl methyl sites for hydroxylation is 2. The maximum absolute atomic E-state index is 13.1. The van der Waals surface area contributed by atoms with Crippen LogP contribution in [0, 0.1) is 16.0 Å². The zero-order chi connectivity index (χ0) is 27.8. The topological polar surface area (TPSA) is 127 Å². The minimum Gasteiger partial charge on any atom is -0.426 e. The van der Waals surface area contributed by atoms with Crippen molar-refractivity contribution in [3.63, 3.8) is 0 Å². The first-order chi connectivity index (χ1) is 18.7. The summed E-state index contributed by atoms with van der Waals surface area (Å²) in [5, 5.41) is 11.4. The molecule has 3 aromatic rings. The van der Waals surface area contributed by atoms with Gasteiger partial charge in [0, 0.05) is 30.8 Å². The van der Waals surface area contributed by atoms with Gasteiger partial charge in [-0.05, 0) is 42.2 Å². The minimum absolute atomic E-state index is 0.00179. The van der Waals surface area contributed by atoms with E-state index in [0.29, 0.717) is 0 Å². The Morgan fingerprint density at radius 2 is 1.64 bits per heavy atom. The number of esters is 1. The summed E-state index contributed by atoms with van der Waals surface area (Å²) in [5.74, 6) is -2.91. The van der Waals surface area contributed by atoms with Gasteiger partial charge in [-0.2, -0.15) is 0 Å². The first-order valence-corrected chi connectivity index (χ1v) is 12.6. The monoisotopic (exact) mass is 527 g/mol. The number of imide groups is 1. The highest BCUT2D eigenvalue weighted by atomic mass is 16.6. The molecule has 39 heavy (non-hydrogen) atoms. The Bertz CT molecular complexity index is 1530. The van der Waals surface area contributed by atoms with Gasteiger partial charge < -0.3 is 9.64 Å². The molecule has 198 valence electrons. The number of nitrogens with zero attached hydrogens (tertiary/aromatic N) is 3. The van der Waals surface area contributed by atoms with E-state index in [0.717, 1.165) is 34.6 Å². The summed E-state index contributed by atoms with van der Waals surface area (Å²) in [6.07, 6.45) is 1.49. The Morgan fingerprint density at radius 3 is 2.31 bits per heavy atom. The zero-order valence-corrected chi connectivity index (χ0v) is 21.4. The minimum atomic E-state index is -0.830.